The number of hydrogen-bond donors (Lipinski definition) is 3. The molecule has 0 heterocycles. The zero-order chi connectivity index (χ0) is 16.5. The van der Waals surface area contributed by atoms with E-state index in [0.717, 1.165) is 0 Å². The Bertz CT molecular complexity index is 612. The van der Waals surface area contributed by atoms with Gasteiger partial charge in [0.25, 0.3) is 0 Å². The Kier molecular flexibility index (Phi) is 4.16. The molecule has 1 saturated carbocycles. The van der Waals surface area contributed by atoms with E-state index in [2.05, 4.69) is 10.6 Å². The van der Waals surface area contributed by atoms with E-state index >= 15 is 0 Å². The molecule has 0 radical (unpaired) electrons. The Hall–Kier alpha value is -2.44. The van der Waals surface area contributed by atoms with Gasteiger partial charge < -0.3 is 15.7 Å². The third-order valence-electron chi connectivity index (χ3n) is 3.93. The van der Waals surface area contributed by atoms with Gasteiger partial charge in [-0.05, 0) is 29.7 Å². The van der Waals surface area contributed by atoms with Crippen molar-refractivity contribution in [2.24, 2.45) is 17.3 Å². The lowest BCUT2D eigenvalue weighted by Gasteiger charge is -2.07. The quantitative estimate of drug-likeness (QED) is 0.762. The Morgan fingerprint density at radius 3 is 2.27 bits per heavy atom. The van der Waals surface area contributed by atoms with Crippen molar-refractivity contribution in [2.45, 2.75) is 13.8 Å². The zero-order valence-corrected chi connectivity index (χ0v) is 12.2. The molecule has 3 N–H and O–H groups in total. The molecule has 1 aliphatic carbocycles. The summed E-state index contributed by atoms with van der Waals surface area (Å²) in [5.41, 5.74) is -0.195. The summed E-state index contributed by atoms with van der Waals surface area (Å²) in [5.74, 6) is -3.71. The number of anilines is 1. The van der Waals surface area contributed by atoms with Crippen LogP contribution < -0.4 is 10.6 Å². The third-order valence-corrected chi connectivity index (χ3v) is 3.93. The molecule has 7 heteroatoms. The van der Waals surface area contributed by atoms with Crippen molar-refractivity contribution in [3.8, 4) is 0 Å². The second-order valence-electron chi connectivity index (χ2n) is 5.89. The van der Waals surface area contributed by atoms with Crippen molar-refractivity contribution in [2.75, 3.05) is 11.9 Å². The Morgan fingerprint density at radius 1 is 1.18 bits per heavy atom. The second kappa shape index (κ2) is 5.75. The fourth-order valence-corrected chi connectivity index (χ4v) is 2.60. The molecule has 0 bridgehead atoms. The van der Waals surface area contributed by atoms with Crippen molar-refractivity contribution in [1.29, 1.82) is 0 Å². The molecule has 1 fully saturated rings. The summed E-state index contributed by atoms with van der Waals surface area (Å²) in [4.78, 5) is 34.6. The lowest BCUT2D eigenvalue weighted by Crippen LogP contribution is -2.35. The fraction of sp³-hybridized carbons (Fsp3) is 0.400. The maximum absolute atomic E-state index is 12.7. The maximum atomic E-state index is 12.7. The van der Waals surface area contributed by atoms with E-state index in [0.29, 0.717) is 5.69 Å². The minimum Gasteiger partial charge on any atom is -0.481 e. The summed E-state index contributed by atoms with van der Waals surface area (Å²) >= 11 is 0. The summed E-state index contributed by atoms with van der Waals surface area (Å²) in [5, 5.41) is 13.9. The fourth-order valence-electron chi connectivity index (χ4n) is 2.60. The molecule has 0 spiro atoms. The van der Waals surface area contributed by atoms with Crippen LogP contribution in [0.2, 0.25) is 0 Å². The van der Waals surface area contributed by atoms with Gasteiger partial charge in [-0.25, -0.2) is 4.39 Å². The second-order valence-corrected chi connectivity index (χ2v) is 5.89. The molecule has 0 saturated heterocycles. The number of carbonyl (C=O) groups is 3. The van der Waals surface area contributed by atoms with Crippen LogP contribution in [0.3, 0.4) is 0 Å². The Labute approximate surface area is 126 Å². The molecular formula is C15H17FN2O4. The number of carboxylic acids is 1. The van der Waals surface area contributed by atoms with Crippen molar-refractivity contribution < 1.29 is 23.9 Å². The summed E-state index contributed by atoms with van der Waals surface area (Å²) in [7, 11) is 0. The first-order valence-electron chi connectivity index (χ1n) is 6.79. The maximum Gasteiger partial charge on any atom is 0.307 e. The van der Waals surface area contributed by atoms with Crippen LogP contribution in [-0.4, -0.2) is 29.4 Å². The molecule has 2 rings (SSSR count). The van der Waals surface area contributed by atoms with Crippen LogP contribution in [-0.2, 0) is 14.4 Å². The van der Waals surface area contributed by atoms with Crippen LogP contribution in [0.1, 0.15) is 13.8 Å². The number of halogens is 1. The molecule has 2 atom stereocenters. The highest BCUT2D eigenvalue weighted by molar-refractivity contribution is 5.97. The first kappa shape index (κ1) is 15.9. The van der Waals surface area contributed by atoms with E-state index in [4.69, 9.17) is 5.11 Å². The summed E-state index contributed by atoms with van der Waals surface area (Å²) in [6.45, 7) is 3.14. The van der Waals surface area contributed by atoms with Gasteiger partial charge in [-0.15, -0.1) is 0 Å². The molecule has 0 aliphatic heterocycles. The minimum absolute atomic E-state index is 0.269. The topological polar surface area (TPSA) is 95.5 Å². The molecule has 118 valence electrons. The van der Waals surface area contributed by atoms with Crippen LogP contribution in [0.4, 0.5) is 10.1 Å². The first-order valence-corrected chi connectivity index (χ1v) is 6.79. The predicted molar refractivity (Wildman–Crippen MR) is 76.4 cm³/mol. The van der Waals surface area contributed by atoms with Gasteiger partial charge in [0.15, 0.2) is 0 Å². The van der Waals surface area contributed by atoms with Crippen molar-refractivity contribution in [3.63, 3.8) is 0 Å². The summed E-state index contributed by atoms with van der Waals surface area (Å²) < 4.78 is 12.7. The highest BCUT2D eigenvalue weighted by Gasteiger charge is 2.65. The average molecular weight is 308 g/mol. The standard InChI is InChI=1S/C15H17FN2O4/c1-15(2)11(12(15)14(21)22)13(20)17-7-10(19)18-9-5-3-8(16)4-6-9/h3-6,11-12H,7H2,1-2H3,(H,17,20)(H,18,19)(H,21,22)/t11-,12+/m1/s1. The van der Waals surface area contributed by atoms with Crippen LogP contribution in [0.15, 0.2) is 24.3 Å². The van der Waals surface area contributed by atoms with Crippen LogP contribution in [0, 0.1) is 23.1 Å². The van der Waals surface area contributed by atoms with E-state index in [1.54, 1.807) is 13.8 Å². The molecule has 22 heavy (non-hydrogen) atoms. The molecule has 6 nitrogen and oxygen atoms in total. The monoisotopic (exact) mass is 308 g/mol. The van der Waals surface area contributed by atoms with Gasteiger partial charge in [-0.3, -0.25) is 14.4 Å². The summed E-state index contributed by atoms with van der Waals surface area (Å²) in [6, 6.07) is 5.22. The number of benzene rings is 1. The van der Waals surface area contributed by atoms with Crippen LogP contribution in [0.25, 0.3) is 0 Å². The highest BCUT2D eigenvalue weighted by atomic mass is 19.1. The Balaban J connectivity index is 1.83. The number of carboxylic acid groups (broad SMARTS) is 1. The van der Waals surface area contributed by atoms with Gasteiger partial charge in [0.05, 0.1) is 18.4 Å². The van der Waals surface area contributed by atoms with Gasteiger partial charge in [-0.1, -0.05) is 13.8 Å². The predicted octanol–water partition coefficient (Wildman–Crippen LogP) is 1.24. The third kappa shape index (κ3) is 3.24. The number of carbonyl (C=O) groups excluding carboxylic acids is 2. The van der Waals surface area contributed by atoms with E-state index < -0.39 is 40.9 Å². The van der Waals surface area contributed by atoms with E-state index in [9.17, 15) is 18.8 Å². The van der Waals surface area contributed by atoms with E-state index in [1.165, 1.54) is 24.3 Å². The molecule has 0 aromatic heterocycles. The van der Waals surface area contributed by atoms with Gasteiger partial charge in [-0.2, -0.15) is 0 Å². The Morgan fingerprint density at radius 2 is 1.77 bits per heavy atom. The molecule has 2 amide bonds. The minimum atomic E-state index is -1.01. The molecule has 0 unspecified atom stereocenters. The average Bonchev–Trinajstić information content (AvgIpc) is 3.02. The molecule has 1 aromatic carbocycles. The summed E-state index contributed by atoms with van der Waals surface area (Å²) in [6.07, 6.45) is 0. The lowest BCUT2D eigenvalue weighted by atomic mass is 10.1. The number of hydrogen-bond acceptors (Lipinski definition) is 3. The van der Waals surface area contributed by atoms with Crippen molar-refractivity contribution >= 4 is 23.5 Å². The van der Waals surface area contributed by atoms with Crippen molar-refractivity contribution in [3.05, 3.63) is 30.1 Å². The van der Waals surface area contributed by atoms with Crippen LogP contribution in [0.5, 0.6) is 0 Å². The van der Waals surface area contributed by atoms with E-state index in [-0.39, 0.29) is 6.54 Å². The van der Waals surface area contributed by atoms with Gasteiger partial charge in [0.1, 0.15) is 5.82 Å². The SMILES string of the molecule is CC1(C)[C@H](C(=O)O)[C@@H]1C(=O)NCC(=O)Nc1ccc(F)cc1. The molecule has 1 aromatic rings. The van der Waals surface area contributed by atoms with Gasteiger partial charge in [0.2, 0.25) is 11.8 Å². The number of rotatable bonds is 5. The zero-order valence-electron chi connectivity index (χ0n) is 12.2. The van der Waals surface area contributed by atoms with Crippen molar-refractivity contribution in [1.82, 2.24) is 5.32 Å². The molecular weight excluding hydrogens is 291 g/mol. The number of nitrogens with one attached hydrogen (secondary N) is 2. The molecule has 1 aliphatic rings. The normalized spacial score (nSPS) is 21.8. The number of amides is 2. The van der Waals surface area contributed by atoms with E-state index in [1.807, 2.05) is 0 Å². The first-order chi connectivity index (χ1) is 10.2. The number of aliphatic carboxylic acids is 1. The smallest absolute Gasteiger partial charge is 0.307 e. The van der Waals surface area contributed by atoms with Crippen LogP contribution >= 0.6 is 0 Å². The largest absolute Gasteiger partial charge is 0.481 e. The van der Waals surface area contributed by atoms with Gasteiger partial charge in [0, 0.05) is 5.69 Å². The lowest BCUT2D eigenvalue weighted by molar-refractivity contribution is -0.140. The highest BCUT2D eigenvalue weighted by Crippen LogP contribution is 2.58. The van der Waals surface area contributed by atoms with Gasteiger partial charge >= 0.3 is 5.97 Å².